The molecule has 7 heteroatoms. The smallest absolute Gasteiger partial charge is 0.185 e. The van der Waals surface area contributed by atoms with Crippen molar-refractivity contribution in [2.24, 2.45) is 7.05 Å². The topological polar surface area (TPSA) is 37.2 Å². The molecule has 5 nitrogen and oxygen atoms in total. The fourth-order valence-electron chi connectivity index (χ4n) is 2.90. The van der Waals surface area contributed by atoms with Crippen LogP contribution in [0.5, 0.6) is 0 Å². The summed E-state index contributed by atoms with van der Waals surface area (Å²) >= 11 is 8.04. The van der Waals surface area contributed by atoms with E-state index < -0.39 is 0 Å². The predicted molar refractivity (Wildman–Crippen MR) is 87.2 cm³/mol. The van der Waals surface area contributed by atoms with Crippen LogP contribution in [0.25, 0.3) is 0 Å². The largest absolute Gasteiger partial charge is 0.343 e. The van der Waals surface area contributed by atoms with E-state index in [1.807, 2.05) is 25.5 Å². The van der Waals surface area contributed by atoms with Gasteiger partial charge in [-0.25, -0.2) is 4.98 Å². The maximum absolute atomic E-state index is 6.33. The normalized spacial score (nSPS) is 20.2. The Kier molecular flexibility index (Phi) is 4.19. The van der Waals surface area contributed by atoms with Gasteiger partial charge in [0.05, 0.1) is 5.69 Å². The fourth-order valence-corrected chi connectivity index (χ4v) is 3.90. The Morgan fingerprint density at radius 1 is 1.43 bits per heavy atom. The number of nitrogens with zero attached hydrogens (tertiary/aromatic N) is 5. The first-order valence-electron chi connectivity index (χ1n) is 7.12. The third-order valence-electron chi connectivity index (χ3n) is 4.03. The zero-order valence-corrected chi connectivity index (χ0v) is 14.2. The van der Waals surface area contributed by atoms with Crippen molar-refractivity contribution < 1.29 is 0 Å². The lowest BCUT2D eigenvalue weighted by molar-refractivity contribution is 0.220. The molecule has 1 atom stereocenters. The van der Waals surface area contributed by atoms with Crippen LogP contribution in [0, 0.1) is 6.92 Å². The summed E-state index contributed by atoms with van der Waals surface area (Å²) in [4.78, 5) is 9.26. The van der Waals surface area contributed by atoms with Crippen molar-refractivity contribution in [3.05, 3.63) is 28.0 Å². The number of thiazole rings is 1. The van der Waals surface area contributed by atoms with Crippen molar-refractivity contribution in [3.63, 3.8) is 0 Å². The van der Waals surface area contributed by atoms with E-state index in [-0.39, 0.29) is 0 Å². The number of hydrogen-bond donors (Lipinski definition) is 0. The second-order valence-electron chi connectivity index (χ2n) is 5.57. The first kappa shape index (κ1) is 14.8. The van der Waals surface area contributed by atoms with Crippen LogP contribution in [0.1, 0.15) is 18.2 Å². The summed E-state index contributed by atoms with van der Waals surface area (Å²) in [7, 11) is 1.89. The highest BCUT2D eigenvalue weighted by Gasteiger charge is 2.26. The molecule has 1 aliphatic heterocycles. The predicted octanol–water partition coefficient (Wildman–Crippen LogP) is 2.55. The van der Waals surface area contributed by atoms with Gasteiger partial charge in [-0.15, -0.1) is 11.3 Å². The van der Waals surface area contributed by atoms with Gasteiger partial charge in [0.2, 0.25) is 0 Å². The van der Waals surface area contributed by atoms with Gasteiger partial charge in [-0.05, 0) is 13.8 Å². The Balaban J connectivity index is 1.67. The zero-order valence-electron chi connectivity index (χ0n) is 12.6. The molecule has 0 unspecified atom stereocenters. The number of aromatic nitrogens is 3. The van der Waals surface area contributed by atoms with Crippen LogP contribution in [0.2, 0.25) is 5.15 Å². The molecule has 1 fully saturated rings. The van der Waals surface area contributed by atoms with E-state index in [2.05, 4.69) is 26.8 Å². The summed E-state index contributed by atoms with van der Waals surface area (Å²) in [5.41, 5.74) is 2.17. The number of aryl methyl sites for hydroxylation is 2. The van der Waals surface area contributed by atoms with Crippen LogP contribution in [0.3, 0.4) is 0 Å². The van der Waals surface area contributed by atoms with Crippen LogP contribution in [0.15, 0.2) is 11.6 Å². The second-order valence-corrected chi connectivity index (χ2v) is 6.80. The van der Waals surface area contributed by atoms with E-state index >= 15 is 0 Å². The molecule has 0 spiro atoms. The van der Waals surface area contributed by atoms with E-state index in [4.69, 9.17) is 11.6 Å². The van der Waals surface area contributed by atoms with Crippen LogP contribution < -0.4 is 4.90 Å². The highest BCUT2D eigenvalue weighted by molar-refractivity contribution is 7.13. The van der Waals surface area contributed by atoms with E-state index in [1.54, 1.807) is 16.0 Å². The van der Waals surface area contributed by atoms with Gasteiger partial charge >= 0.3 is 0 Å². The molecule has 1 aliphatic rings. The second kappa shape index (κ2) is 5.94. The minimum atomic E-state index is 0.459. The Morgan fingerprint density at radius 3 is 2.81 bits per heavy atom. The van der Waals surface area contributed by atoms with Gasteiger partial charge in [0.1, 0.15) is 5.15 Å². The molecule has 1 saturated heterocycles. The summed E-state index contributed by atoms with van der Waals surface area (Å²) < 4.78 is 1.75. The molecule has 0 aliphatic carbocycles. The maximum atomic E-state index is 6.33. The van der Waals surface area contributed by atoms with Crippen LogP contribution >= 0.6 is 22.9 Å². The van der Waals surface area contributed by atoms with Gasteiger partial charge in [-0.3, -0.25) is 9.58 Å². The molecule has 0 amide bonds. The number of anilines is 1. The van der Waals surface area contributed by atoms with Crippen molar-refractivity contribution >= 4 is 28.1 Å². The average molecular weight is 326 g/mol. The molecular formula is C14H20ClN5S. The molecule has 0 aromatic carbocycles. The number of rotatable bonds is 3. The SMILES string of the molecule is Cc1nn(C)c(Cl)c1CN1CCN(c2nccs2)[C@H](C)C1. The molecule has 0 saturated carbocycles. The molecule has 114 valence electrons. The fraction of sp³-hybridized carbons (Fsp3) is 0.571. The first-order chi connectivity index (χ1) is 10.1. The van der Waals surface area contributed by atoms with E-state index in [1.165, 1.54) is 0 Å². The highest BCUT2D eigenvalue weighted by atomic mass is 35.5. The van der Waals surface area contributed by atoms with Crippen molar-refractivity contribution in [1.82, 2.24) is 19.7 Å². The summed E-state index contributed by atoms with van der Waals surface area (Å²) in [6, 6.07) is 0.459. The molecule has 2 aromatic heterocycles. The van der Waals surface area contributed by atoms with Crippen LogP contribution in [-0.2, 0) is 13.6 Å². The molecule has 3 heterocycles. The average Bonchev–Trinajstić information content (AvgIpc) is 3.04. The summed E-state index contributed by atoms with van der Waals surface area (Å²) in [6.45, 7) is 8.20. The Labute approximate surface area is 134 Å². The Morgan fingerprint density at radius 2 is 2.24 bits per heavy atom. The van der Waals surface area contributed by atoms with E-state index in [0.29, 0.717) is 6.04 Å². The summed E-state index contributed by atoms with van der Waals surface area (Å²) in [6.07, 6.45) is 1.87. The van der Waals surface area contributed by atoms with Gasteiger partial charge in [0.25, 0.3) is 0 Å². The standard InChI is InChI=1S/C14H20ClN5S/c1-10-8-19(5-6-20(10)14-16-4-7-21-14)9-12-11(2)17-18(3)13(12)15/h4,7,10H,5-6,8-9H2,1-3H3/t10-/m1/s1. The molecule has 3 rings (SSSR count). The minimum absolute atomic E-state index is 0.459. The zero-order chi connectivity index (χ0) is 15.0. The third kappa shape index (κ3) is 2.93. The first-order valence-corrected chi connectivity index (χ1v) is 8.38. The van der Waals surface area contributed by atoms with Crippen LogP contribution in [0.4, 0.5) is 5.13 Å². The monoisotopic (exact) mass is 325 g/mol. The lowest BCUT2D eigenvalue weighted by atomic mass is 10.1. The van der Waals surface area contributed by atoms with Gasteiger partial charge in [0, 0.05) is 56.4 Å². The van der Waals surface area contributed by atoms with Crippen molar-refractivity contribution in [2.75, 3.05) is 24.5 Å². The third-order valence-corrected chi connectivity index (χ3v) is 5.31. The quantitative estimate of drug-likeness (QED) is 0.869. The molecule has 2 aromatic rings. The lowest BCUT2D eigenvalue weighted by Crippen LogP contribution is -2.51. The highest BCUT2D eigenvalue weighted by Crippen LogP contribution is 2.25. The lowest BCUT2D eigenvalue weighted by Gasteiger charge is -2.39. The Hall–Kier alpha value is -1.11. The molecule has 0 bridgehead atoms. The van der Waals surface area contributed by atoms with Crippen molar-refractivity contribution in [2.45, 2.75) is 26.4 Å². The molecule has 0 N–H and O–H groups in total. The van der Waals surface area contributed by atoms with Crippen molar-refractivity contribution in [3.8, 4) is 0 Å². The van der Waals surface area contributed by atoms with Crippen molar-refractivity contribution in [1.29, 1.82) is 0 Å². The molecule has 21 heavy (non-hydrogen) atoms. The number of halogens is 1. The van der Waals surface area contributed by atoms with E-state index in [0.717, 1.165) is 47.7 Å². The summed E-state index contributed by atoms with van der Waals surface area (Å²) in [5, 5.41) is 8.30. The maximum Gasteiger partial charge on any atom is 0.185 e. The van der Waals surface area contributed by atoms with Gasteiger partial charge in [0.15, 0.2) is 5.13 Å². The number of hydrogen-bond acceptors (Lipinski definition) is 5. The van der Waals surface area contributed by atoms with E-state index in [9.17, 15) is 0 Å². The van der Waals surface area contributed by atoms with Gasteiger partial charge in [-0.1, -0.05) is 11.6 Å². The molecular weight excluding hydrogens is 306 g/mol. The van der Waals surface area contributed by atoms with Gasteiger partial charge < -0.3 is 4.90 Å². The Bertz CT molecular complexity index is 609. The molecule has 0 radical (unpaired) electrons. The minimum Gasteiger partial charge on any atom is -0.343 e. The summed E-state index contributed by atoms with van der Waals surface area (Å²) in [5.74, 6) is 0. The van der Waals surface area contributed by atoms with Crippen LogP contribution in [-0.4, -0.2) is 45.3 Å². The van der Waals surface area contributed by atoms with Gasteiger partial charge in [-0.2, -0.15) is 5.10 Å². The number of piperazine rings is 1.